The summed E-state index contributed by atoms with van der Waals surface area (Å²) in [6, 6.07) is 26.8. The predicted molar refractivity (Wildman–Crippen MR) is 150 cm³/mol. The van der Waals surface area contributed by atoms with E-state index in [2.05, 4.69) is 56.3 Å². The fourth-order valence-corrected chi connectivity index (χ4v) is 7.12. The maximum Gasteiger partial charge on any atom is 0.243 e. The first kappa shape index (κ1) is 24.5. The van der Waals surface area contributed by atoms with Crippen molar-refractivity contribution in [2.75, 3.05) is 32.1 Å². The number of sulfonamides is 1. The summed E-state index contributed by atoms with van der Waals surface area (Å²) in [5.41, 5.74) is 7.43. The molecule has 1 aliphatic heterocycles. The van der Waals surface area contributed by atoms with Crippen LogP contribution in [0.2, 0.25) is 0 Å². The molecule has 0 atom stereocenters. The molecule has 4 nitrogen and oxygen atoms in total. The third-order valence-corrected chi connectivity index (χ3v) is 9.67. The summed E-state index contributed by atoms with van der Waals surface area (Å²) in [4.78, 5) is 2.43. The lowest BCUT2D eigenvalue weighted by atomic mass is 9.88. The van der Waals surface area contributed by atoms with E-state index in [0.29, 0.717) is 23.9 Å². The van der Waals surface area contributed by atoms with Gasteiger partial charge in [0.2, 0.25) is 10.0 Å². The lowest BCUT2D eigenvalue weighted by molar-refractivity contribution is 0.320. The summed E-state index contributed by atoms with van der Waals surface area (Å²) in [5, 5.41) is 1.75. The molecule has 186 valence electrons. The monoisotopic (exact) mass is 498 g/mol. The summed E-state index contributed by atoms with van der Waals surface area (Å²) in [6.45, 7) is 5.39. The Balaban J connectivity index is 1.34. The lowest BCUT2D eigenvalue weighted by Gasteiger charge is -2.32. The van der Waals surface area contributed by atoms with Crippen LogP contribution in [0.1, 0.15) is 35.4 Å². The van der Waals surface area contributed by atoms with Crippen molar-refractivity contribution in [1.82, 2.24) is 4.31 Å². The average Bonchev–Trinajstić information content (AvgIpc) is 2.89. The van der Waals surface area contributed by atoms with Crippen molar-refractivity contribution in [2.45, 2.75) is 37.5 Å². The Morgan fingerprint density at radius 1 is 0.778 bits per heavy atom. The largest absolute Gasteiger partial charge is 0.377 e. The molecule has 1 aliphatic rings. The highest BCUT2D eigenvalue weighted by Gasteiger charge is 2.31. The maximum absolute atomic E-state index is 13.7. The molecule has 0 aromatic heterocycles. The molecule has 1 fully saturated rings. The Kier molecular flexibility index (Phi) is 6.62. The number of fused-ring (bicyclic) bond motifs is 1. The third kappa shape index (κ3) is 4.42. The van der Waals surface area contributed by atoms with Gasteiger partial charge in [0.15, 0.2) is 0 Å². The second kappa shape index (κ2) is 9.72. The Bertz CT molecular complexity index is 1500. The average molecular weight is 499 g/mol. The first-order valence-electron chi connectivity index (χ1n) is 12.6. The molecule has 36 heavy (non-hydrogen) atoms. The van der Waals surface area contributed by atoms with E-state index in [9.17, 15) is 8.42 Å². The minimum absolute atomic E-state index is 0.372. The topological polar surface area (TPSA) is 40.6 Å². The van der Waals surface area contributed by atoms with Gasteiger partial charge in [0.25, 0.3) is 0 Å². The van der Waals surface area contributed by atoms with Crippen molar-refractivity contribution in [3.63, 3.8) is 0 Å². The van der Waals surface area contributed by atoms with Crippen LogP contribution in [0.5, 0.6) is 0 Å². The van der Waals surface area contributed by atoms with Gasteiger partial charge in [0.05, 0.1) is 4.90 Å². The van der Waals surface area contributed by atoms with Gasteiger partial charge in [-0.3, -0.25) is 0 Å². The van der Waals surface area contributed by atoms with E-state index in [0.717, 1.165) is 29.3 Å². The van der Waals surface area contributed by atoms with Crippen LogP contribution in [-0.2, 0) is 10.0 Å². The molecule has 1 heterocycles. The number of aryl methyl sites for hydroxylation is 1. The maximum atomic E-state index is 13.7. The molecular formula is C31H34N2O2S. The Morgan fingerprint density at radius 3 is 2.11 bits per heavy atom. The molecule has 0 radical (unpaired) electrons. The van der Waals surface area contributed by atoms with Gasteiger partial charge >= 0.3 is 0 Å². The zero-order chi connectivity index (χ0) is 25.4. The highest BCUT2D eigenvalue weighted by atomic mass is 32.2. The SMILES string of the molecule is Cc1cccc(-c2ccc(C3CCN(S(=O)(=O)c4cccc5c(N(C)C)cccc45)CC3)cc2)c1C. The molecule has 0 bridgehead atoms. The van der Waals surface area contributed by atoms with Gasteiger partial charge < -0.3 is 4.90 Å². The van der Waals surface area contributed by atoms with Crippen molar-refractivity contribution in [3.8, 4) is 11.1 Å². The number of rotatable bonds is 5. The van der Waals surface area contributed by atoms with Crippen LogP contribution in [0, 0.1) is 13.8 Å². The number of hydrogen-bond acceptors (Lipinski definition) is 3. The number of anilines is 1. The Morgan fingerprint density at radius 2 is 1.42 bits per heavy atom. The van der Waals surface area contributed by atoms with Gasteiger partial charge in [0.1, 0.15) is 0 Å². The normalized spacial score (nSPS) is 15.3. The molecule has 1 saturated heterocycles. The van der Waals surface area contributed by atoms with Crippen molar-refractivity contribution in [1.29, 1.82) is 0 Å². The Hall–Kier alpha value is -3.15. The van der Waals surface area contributed by atoms with E-state index in [1.165, 1.54) is 27.8 Å². The molecular weight excluding hydrogens is 464 g/mol. The lowest BCUT2D eigenvalue weighted by Crippen LogP contribution is -2.38. The van der Waals surface area contributed by atoms with Crippen LogP contribution < -0.4 is 4.90 Å². The fourth-order valence-electron chi connectivity index (χ4n) is 5.45. The third-order valence-electron chi connectivity index (χ3n) is 7.71. The molecule has 0 saturated carbocycles. The summed E-state index contributed by atoms with van der Waals surface area (Å²) < 4.78 is 29.1. The zero-order valence-electron chi connectivity index (χ0n) is 21.5. The van der Waals surface area contributed by atoms with Crippen molar-refractivity contribution in [2.24, 2.45) is 0 Å². The van der Waals surface area contributed by atoms with E-state index >= 15 is 0 Å². The van der Waals surface area contributed by atoms with Gasteiger partial charge in [-0.15, -0.1) is 0 Å². The molecule has 0 aliphatic carbocycles. The standard InChI is InChI=1S/C31H34N2O2S/c1-22-8-5-9-27(23(22)2)26-16-14-24(15-17-26)25-18-20-33(21-19-25)36(34,35)31-13-7-10-28-29(31)11-6-12-30(28)32(3)4/h5-17,25H,18-21H2,1-4H3. The number of benzene rings is 4. The van der Waals surface area contributed by atoms with Crippen LogP contribution in [0.3, 0.4) is 0 Å². The number of piperidine rings is 1. The molecule has 0 unspecified atom stereocenters. The number of nitrogens with zero attached hydrogens (tertiary/aromatic N) is 2. The van der Waals surface area contributed by atoms with E-state index in [1.807, 2.05) is 49.3 Å². The quantitative estimate of drug-likeness (QED) is 0.305. The van der Waals surface area contributed by atoms with Gasteiger partial charge in [-0.1, -0.05) is 66.7 Å². The minimum atomic E-state index is -3.57. The number of hydrogen-bond donors (Lipinski definition) is 0. The minimum Gasteiger partial charge on any atom is -0.377 e. The first-order chi connectivity index (χ1) is 17.3. The molecule has 5 heteroatoms. The van der Waals surface area contributed by atoms with Crippen molar-refractivity contribution >= 4 is 26.5 Å². The summed E-state index contributed by atoms with van der Waals surface area (Å²) >= 11 is 0. The first-order valence-corrected chi connectivity index (χ1v) is 14.1. The highest BCUT2D eigenvalue weighted by Crippen LogP contribution is 2.35. The van der Waals surface area contributed by atoms with Crippen LogP contribution in [0.15, 0.2) is 83.8 Å². The van der Waals surface area contributed by atoms with Gasteiger partial charge in [-0.05, 0) is 72.6 Å². The van der Waals surface area contributed by atoms with Crippen LogP contribution in [-0.4, -0.2) is 39.9 Å². The van der Waals surface area contributed by atoms with Crippen molar-refractivity contribution in [3.05, 3.63) is 95.6 Å². The van der Waals surface area contributed by atoms with Gasteiger partial charge in [-0.25, -0.2) is 8.42 Å². The van der Waals surface area contributed by atoms with Crippen molar-refractivity contribution < 1.29 is 8.42 Å². The molecule has 5 rings (SSSR count). The molecule has 0 N–H and O–H groups in total. The Labute approximate surface area is 215 Å². The van der Waals surface area contributed by atoms with Crippen LogP contribution in [0.4, 0.5) is 5.69 Å². The second-order valence-electron chi connectivity index (χ2n) is 10.1. The van der Waals surface area contributed by atoms with E-state index in [-0.39, 0.29) is 0 Å². The van der Waals surface area contributed by atoms with Crippen LogP contribution in [0.25, 0.3) is 21.9 Å². The van der Waals surface area contributed by atoms with E-state index in [1.54, 1.807) is 10.4 Å². The summed E-state index contributed by atoms with van der Waals surface area (Å²) in [6.07, 6.45) is 1.66. The smallest absolute Gasteiger partial charge is 0.243 e. The van der Waals surface area contributed by atoms with Crippen LogP contribution >= 0.6 is 0 Å². The highest BCUT2D eigenvalue weighted by molar-refractivity contribution is 7.89. The predicted octanol–water partition coefficient (Wildman–Crippen LogP) is 6.76. The van der Waals surface area contributed by atoms with E-state index in [4.69, 9.17) is 0 Å². The molecule has 0 spiro atoms. The molecule has 0 amide bonds. The molecule has 4 aromatic carbocycles. The summed E-state index contributed by atoms with van der Waals surface area (Å²) in [7, 11) is 0.389. The fraction of sp³-hybridized carbons (Fsp3) is 0.290. The zero-order valence-corrected chi connectivity index (χ0v) is 22.3. The second-order valence-corrected chi connectivity index (χ2v) is 12.0. The van der Waals surface area contributed by atoms with Gasteiger partial charge in [0, 0.05) is 43.6 Å². The molecule has 4 aromatic rings. The van der Waals surface area contributed by atoms with Gasteiger partial charge in [-0.2, -0.15) is 4.31 Å². The van der Waals surface area contributed by atoms with E-state index < -0.39 is 10.0 Å². The summed E-state index contributed by atoms with van der Waals surface area (Å²) in [5.74, 6) is 0.372.